The molecule has 0 aromatic carbocycles. The zero-order chi connectivity index (χ0) is 15.1. The normalized spacial score (nSPS) is 14.0. The number of hydrogen-bond donors (Lipinski definition) is 5. The van der Waals surface area contributed by atoms with Gasteiger partial charge in [-0.05, 0) is 13.0 Å². The van der Waals surface area contributed by atoms with Gasteiger partial charge in [-0.1, -0.05) is 0 Å². The first-order valence-electron chi connectivity index (χ1n) is 6.60. The van der Waals surface area contributed by atoms with Gasteiger partial charge in [-0.15, -0.1) is 0 Å². The predicted molar refractivity (Wildman–Crippen MR) is 79.3 cm³/mol. The number of dihydropyridines is 1. The van der Waals surface area contributed by atoms with E-state index < -0.39 is 0 Å². The highest BCUT2D eigenvalue weighted by atomic mass is 15.1. The number of aromatic nitrogens is 2. The zero-order valence-corrected chi connectivity index (χ0v) is 11.6. The van der Waals surface area contributed by atoms with Crippen LogP contribution in [0.5, 0.6) is 0 Å². The van der Waals surface area contributed by atoms with Crippen molar-refractivity contribution < 1.29 is 0 Å². The molecule has 1 aliphatic rings. The van der Waals surface area contributed by atoms with Crippen molar-refractivity contribution in [2.75, 3.05) is 25.0 Å². The van der Waals surface area contributed by atoms with Gasteiger partial charge in [0, 0.05) is 12.6 Å². The van der Waals surface area contributed by atoms with Gasteiger partial charge >= 0.3 is 0 Å². The molecule has 0 saturated carbocycles. The third kappa shape index (κ3) is 4.09. The Kier molecular flexibility index (Phi) is 4.95. The van der Waals surface area contributed by atoms with E-state index in [9.17, 15) is 0 Å². The Labute approximate surface area is 122 Å². The Morgan fingerprint density at radius 1 is 1.38 bits per heavy atom. The molecule has 0 atom stereocenters. The Balaban J connectivity index is 2.02. The van der Waals surface area contributed by atoms with Crippen molar-refractivity contribution >= 4 is 5.82 Å². The van der Waals surface area contributed by atoms with Crippen molar-refractivity contribution in [1.82, 2.24) is 20.6 Å². The Morgan fingerprint density at radius 3 is 2.90 bits per heavy atom. The van der Waals surface area contributed by atoms with E-state index in [0.717, 1.165) is 30.2 Å². The minimum atomic E-state index is 0.277. The van der Waals surface area contributed by atoms with E-state index in [1.807, 2.05) is 12.1 Å². The first kappa shape index (κ1) is 14.6. The Bertz CT molecular complexity index is 581. The second kappa shape index (κ2) is 7.12. The van der Waals surface area contributed by atoms with Crippen molar-refractivity contribution in [2.24, 2.45) is 11.5 Å². The van der Waals surface area contributed by atoms with Crippen molar-refractivity contribution in [2.45, 2.75) is 6.42 Å². The van der Waals surface area contributed by atoms with Crippen molar-refractivity contribution in [1.29, 1.82) is 5.26 Å². The summed E-state index contributed by atoms with van der Waals surface area (Å²) < 4.78 is 0. The molecule has 0 radical (unpaired) electrons. The van der Waals surface area contributed by atoms with Crippen LogP contribution in [0.2, 0.25) is 0 Å². The quantitative estimate of drug-likeness (QED) is 0.433. The lowest BCUT2D eigenvalue weighted by atomic mass is 10.2. The number of hydrogen-bond acceptors (Lipinski definition) is 8. The minimum absolute atomic E-state index is 0.277. The molecule has 2 rings (SSSR count). The smallest absolute Gasteiger partial charge is 0.158 e. The van der Waals surface area contributed by atoms with Crippen LogP contribution in [0.1, 0.15) is 12.1 Å². The molecule has 1 aromatic rings. The van der Waals surface area contributed by atoms with E-state index in [4.69, 9.17) is 16.7 Å². The molecule has 0 unspecified atom stereocenters. The van der Waals surface area contributed by atoms with Crippen LogP contribution in [0.4, 0.5) is 5.82 Å². The zero-order valence-electron chi connectivity index (χ0n) is 11.6. The van der Waals surface area contributed by atoms with Gasteiger partial charge in [0.1, 0.15) is 17.7 Å². The molecule has 0 fully saturated rings. The third-order valence-electron chi connectivity index (χ3n) is 2.83. The van der Waals surface area contributed by atoms with Gasteiger partial charge in [-0.3, -0.25) is 0 Å². The molecule has 7 N–H and O–H groups in total. The fraction of sp³-hybridized carbons (Fsp3) is 0.308. The number of nitriles is 1. The maximum absolute atomic E-state index is 8.68. The number of nitrogens with one attached hydrogen (secondary N) is 3. The molecular formula is C13H18N8. The van der Waals surface area contributed by atoms with Crippen LogP contribution in [0.25, 0.3) is 0 Å². The number of rotatable bonds is 6. The van der Waals surface area contributed by atoms with E-state index in [0.29, 0.717) is 18.9 Å². The monoisotopic (exact) mass is 286 g/mol. The van der Waals surface area contributed by atoms with Crippen molar-refractivity contribution in [3.05, 3.63) is 41.4 Å². The molecule has 8 nitrogen and oxygen atoms in total. The number of anilines is 1. The largest absolute Gasteiger partial charge is 0.399 e. The molecule has 0 spiro atoms. The highest BCUT2D eigenvalue weighted by Crippen LogP contribution is 2.10. The average molecular weight is 286 g/mol. The summed E-state index contributed by atoms with van der Waals surface area (Å²) in [5, 5.41) is 18.1. The Hall–Kier alpha value is -2.79. The maximum atomic E-state index is 8.68. The molecule has 0 bridgehead atoms. The molecule has 21 heavy (non-hydrogen) atoms. The lowest BCUT2D eigenvalue weighted by Crippen LogP contribution is -2.33. The van der Waals surface area contributed by atoms with Crippen LogP contribution in [0, 0.1) is 11.3 Å². The summed E-state index contributed by atoms with van der Waals surface area (Å²) in [6.07, 6.45) is 5.66. The number of nitrogens with zero attached hydrogens (tertiary/aromatic N) is 3. The van der Waals surface area contributed by atoms with Gasteiger partial charge in [-0.25, -0.2) is 9.97 Å². The van der Waals surface area contributed by atoms with E-state index in [-0.39, 0.29) is 5.69 Å². The standard InChI is InChI=1S/C13H18N8/c14-2-1-3-17-11-4-12(20-7-10(11)16)21-13-8-18-9(5-15)6-19-13/h4,6,8,17,20H,1-3,7,14,16H2,(H,19,21). The third-order valence-corrected chi connectivity index (χ3v) is 2.83. The molecule has 2 heterocycles. The van der Waals surface area contributed by atoms with E-state index in [1.165, 1.54) is 12.4 Å². The van der Waals surface area contributed by atoms with Crippen LogP contribution >= 0.6 is 0 Å². The van der Waals surface area contributed by atoms with E-state index in [1.54, 1.807) is 0 Å². The van der Waals surface area contributed by atoms with Crippen LogP contribution in [-0.4, -0.2) is 29.6 Å². The molecular weight excluding hydrogens is 268 g/mol. The number of nitrogens with two attached hydrogens (primary N) is 2. The Morgan fingerprint density at radius 2 is 2.24 bits per heavy atom. The summed E-state index contributed by atoms with van der Waals surface area (Å²) >= 11 is 0. The summed E-state index contributed by atoms with van der Waals surface area (Å²) in [5.74, 6) is 1.31. The molecule has 1 aliphatic heterocycles. The van der Waals surface area contributed by atoms with Crippen LogP contribution in [0.15, 0.2) is 35.7 Å². The van der Waals surface area contributed by atoms with Gasteiger partial charge in [0.2, 0.25) is 0 Å². The van der Waals surface area contributed by atoms with Crippen molar-refractivity contribution in [3.63, 3.8) is 0 Å². The first-order chi connectivity index (χ1) is 10.2. The van der Waals surface area contributed by atoms with Gasteiger partial charge < -0.3 is 27.4 Å². The van der Waals surface area contributed by atoms with E-state index in [2.05, 4.69) is 25.9 Å². The lowest BCUT2D eigenvalue weighted by Gasteiger charge is -2.21. The van der Waals surface area contributed by atoms with Crippen molar-refractivity contribution in [3.8, 4) is 6.07 Å². The maximum Gasteiger partial charge on any atom is 0.158 e. The highest BCUT2D eigenvalue weighted by molar-refractivity contribution is 5.44. The molecule has 1 aromatic heterocycles. The van der Waals surface area contributed by atoms with Gasteiger partial charge in [0.25, 0.3) is 0 Å². The molecule has 0 aliphatic carbocycles. The summed E-state index contributed by atoms with van der Waals surface area (Å²) in [7, 11) is 0. The number of allylic oxidation sites excluding steroid dienone is 1. The van der Waals surface area contributed by atoms with Gasteiger partial charge in [0.05, 0.1) is 30.3 Å². The SMILES string of the molecule is N#Cc1cnc(NC2=CC(NCCCN)=C(N)CN2)cn1. The van der Waals surface area contributed by atoms with E-state index >= 15 is 0 Å². The fourth-order valence-electron chi connectivity index (χ4n) is 1.73. The predicted octanol–water partition coefficient (Wildman–Crippen LogP) is -0.687. The molecule has 0 saturated heterocycles. The molecule has 110 valence electrons. The first-order valence-corrected chi connectivity index (χ1v) is 6.60. The topological polar surface area (TPSA) is 138 Å². The lowest BCUT2D eigenvalue weighted by molar-refractivity contribution is 0.714. The van der Waals surface area contributed by atoms with Crippen LogP contribution < -0.4 is 27.4 Å². The van der Waals surface area contributed by atoms with Gasteiger partial charge in [0.15, 0.2) is 5.69 Å². The summed E-state index contributed by atoms with van der Waals surface area (Å²) in [5.41, 5.74) is 13.3. The van der Waals surface area contributed by atoms with Crippen LogP contribution in [0.3, 0.4) is 0 Å². The van der Waals surface area contributed by atoms with Crippen LogP contribution in [-0.2, 0) is 0 Å². The summed E-state index contributed by atoms with van der Waals surface area (Å²) in [4.78, 5) is 8.05. The highest BCUT2D eigenvalue weighted by Gasteiger charge is 2.10. The molecule has 8 heteroatoms. The average Bonchev–Trinajstić information content (AvgIpc) is 2.51. The summed E-state index contributed by atoms with van der Waals surface area (Å²) in [6, 6.07) is 1.92. The van der Waals surface area contributed by atoms with Gasteiger partial charge in [-0.2, -0.15) is 5.26 Å². The second-order valence-electron chi connectivity index (χ2n) is 4.44. The minimum Gasteiger partial charge on any atom is -0.399 e. The second-order valence-corrected chi connectivity index (χ2v) is 4.44. The summed E-state index contributed by atoms with van der Waals surface area (Å²) in [6.45, 7) is 1.94. The molecule has 0 amide bonds. The fourth-order valence-corrected chi connectivity index (χ4v) is 1.73.